The van der Waals surface area contributed by atoms with Crippen molar-refractivity contribution in [1.29, 1.82) is 0 Å². The van der Waals surface area contributed by atoms with Gasteiger partial charge in [0.05, 0.1) is 0 Å². The van der Waals surface area contributed by atoms with Gasteiger partial charge in [-0.1, -0.05) is 6.07 Å². The Morgan fingerprint density at radius 3 is 2.41 bits per heavy atom. The van der Waals surface area contributed by atoms with Crippen LogP contribution in [0.15, 0.2) is 24.3 Å². The molecule has 0 unspecified atom stereocenters. The lowest BCUT2D eigenvalue weighted by molar-refractivity contribution is -0.148. The zero-order valence-electron chi connectivity index (χ0n) is 9.96. The van der Waals surface area contributed by atoms with Crippen LogP contribution in [-0.4, -0.2) is 11.6 Å². The number of hydrogen-bond acceptors (Lipinski definition) is 2. The molecule has 0 amide bonds. The number of hydrogen-bond donors (Lipinski definition) is 0. The van der Waals surface area contributed by atoms with E-state index < -0.39 is 23.2 Å². The summed E-state index contributed by atoms with van der Waals surface area (Å²) in [5, 5.41) is 0. The summed E-state index contributed by atoms with van der Waals surface area (Å²) in [6, 6.07) is 3.39. The minimum Gasteiger partial charge on any atom is -0.457 e. The standard InChI is InChI=1S/C13H14F2O2/c1-13(2,3)17-12(16)7-5-9-4-6-10(14)11(15)8-9/h4-8H,1-3H3/b7-5+. The third-order valence-corrected chi connectivity index (χ3v) is 1.76. The van der Waals surface area contributed by atoms with E-state index in [4.69, 9.17) is 4.74 Å². The molecule has 17 heavy (non-hydrogen) atoms. The molecule has 0 atom stereocenters. The Morgan fingerprint density at radius 1 is 1.24 bits per heavy atom. The van der Waals surface area contributed by atoms with Crippen LogP contribution in [0.25, 0.3) is 6.08 Å². The third kappa shape index (κ3) is 4.76. The normalized spacial score (nSPS) is 11.8. The fourth-order valence-electron chi connectivity index (χ4n) is 1.12. The van der Waals surface area contributed by atoms with Gasteiger partial charge in [-0.25, -0.2) is 13.6 Å². The molecule has 0 saturated carbocycles. The maximum absolute atomic E-state index is 12.8. The molecule has 2 nitrogen and oxygen atoms in total. The highest BCUT2D eigenvalue weighted by atomic mass is 19.2. The molecule has 92 valence electrons. The topological polar surface area (TPSA) is 26.3 Å². The Hall–Kier alpha value is -1.71. The van der Waals surface area contributed by atoms with Gasteiger partial charge in [-0.2, -0.15) is 0 Å². The van der Waals surface area contributed by atoms with Crippen LogP contribution < -0.4 is 0 Å². The van der Waals surface area contributed by atoms with Crippen LogP contribution in [0.2, 0.25) is 0 Å². The van der Waals surface area contributed by atoms with Crippen molar-refractivity contribution in [3.8, 4) is 0 Å². The first-order valence-corrected chi connectivity index (χ1v) is 5.14. The summed E-state index contributed by atoms with van der Waals surface area (Å²) in [5.74, 6) is -2.39. The van der Waals surface area contributed by atoms with Crippen LogP contribution in [0.4, 0.5) is 8.78 Å². The van der Waals surface area contributed by atoms with Gasteiger partial charge in [0.15, 0.2) is 11.6 Å². The maximum atomic E-state index is 12.8. The lowest BCUT2D eigenvalue weighted by Gasteiger charge is -2.17. The molecule has 0 heterocycles. The van der Waals surface area contributed by atoms with Crippen LogP contribution in [0.3, 0.4) is 0 Å². The van der Waals surface area contributed by atoms with Gasteiger partial charge in [-0.15, -0.1) is 0 Å². The molecule has 0 N–H and O–H groups in total. The summed E-state index contributed by atoms with van der Waals surface area (Å²) in [4.78, 5) is 11.3. The Kier molecular flexibility index (Phi) is 3.99. The monoisotopic (exact) mass is 240 g/mol. The number of carbonyl (C=O) groups excluding carboxylic acids is 1. The molecule has 0 bridgehead atoms. The van der Waals surface area contributed by atoms with Crippen LogP contribution >= 0.6 is 0 Å². The molecule has 0 fully saturated rings. The first-order valence-electron chi connectivity index (χ1n) is 5.14. The molecule has 0 aliphatic heterocycles. The predicted octanol–water partition coefficient (Wildman–Crippen LogP) is 3.32. The van der Waals surface area contributed by atoms with E-state index in [1.807, 2.05) is 0 Å². The lowest BCUT2D eigenvalue weighted by Crippen LogP contribution is -2.22. The Labute approximate surface area is 98.9 Å². The fraction of sp³-hybridized carbons (Fsp3) is 0.308. The highest BCUT2D eigenvalue weighted by Crippen LogP contribution is 2.11. The van der Waals surface area contributed by atoms with Gasteiger partial charge in [-0.05, 0) is 44.5 Å². The van der Waals surface area contributed by atoms with Crippen molar-refractivity contribution < 1.29 is 18.3 Å². The minimum atomic E-state index is -0.948. The second-order valence-electron chi connectivity index (χ2n) is 4.54. The van der Waals surface area contributed by atoms with Gasteiger partial charge >= 0.3 is 5.97 Å². The Balaban J connectivity index is 2.71. The van der Waals surface area contributed by atoms with E-state index in [9.17, 15) is 13.6 Å². The molecule has 0 radical (unpaired) electrons. The minimum absolute atomic E-state index is 0.398. The molecule has 0 aliphatic rings. The second-order valence-corrected chi connectivity index (χ2v) is 4.54. The molecule has 0 aliphatic carbocycles. The summed E-state index contributed by atoms with van der Waals surface area (Å²) < 4.78 is 30.5. The van der Waals surface area contributed by atoms with Gasteiger partial charge < -0.3 is 4.74 Å². The van der Waals surface area contributed by atoms with Crippen molar-refractivity contribution in [1.82, 2.24) is 0 Å². The number of carbonyl (C=O) groups is 1. The van der Waals surface area contributed by atoms with Gasteiger partial charge in [-0.3, -0.25) is 0 Å². The van der Waals surface area contributed by atoms with Crippen LogP contribution in [0.5, 0.6) is 0 Å². The maximum Gasteiger partial charge on any atom is 0.331 e. The average Bonchev–Trinajstić information content (AvgIpc) is 2.17. The molecule has 1 rings (SSSR count). The zero-order valence-corrected chi connectivity index (χ0v) is 9.96. The number of esters is 1. The highest BCUT2D eigenvalue weighted by molar-refractivity contribution is 5.87. The van der Waals surface area contributed by atoms with Crippen molar-refractivity contribution in [2.75, 3.05) is 0 Å². The third-order valence-electron chi connectivity index (χ3n) is 1.76. The molecule has 1 aromatic rings. The van der Waals surface area contributed by atoms with Crippen LogP contribution in [-0.2, 0) is 9.53 Å². The number of benzene rings is 1. The number of ether oxygens (including phenoxy) is 1. The first-order chi connectivity index (χ1) is 7.78. The Bertz CT molecular complexity index is 445. The van der Waals surface area contributed by atoms with E-state index in [0.717, 1.165) is 12.1 Å². The van der Waals surface area contributed by atoms with Gasteiger partial charge in [0.1, 0.15) is 5.60 Å². The van der Waals surface area contributed by atoms with Crippen LogP contribution in [0, 0.1) is 11.6 Å². The summed E-state index contributed by atoms with van der Waals surface area (Å²) in [6.45, 7) is 5.24. The molecule has 0 saturated heterocycles. The summed E-state index contributed by atoms with van der Waals surface area (Å²) in [6.07, 6.45) is 2.55. The molecular weight excluding hydrogens is 226 g/mol. The van der Waals surface area contributed by atoms with Gasteiger partial charge in [0.2, 0.25) is 0 Å². The molecule has 1 aromatic carbocycles. The SMILES string of the molecule is CC(C)(C)OC(=O)/C=C/c1ccc(F)c(F)c1. The van der Waals surface area contributed by atoms with Crippen molar-refractivity contribution in [3.63, 3.8) is 0 Å². The predicted molar refractivity (Wildman–Crippen MR) is 61.2 cm³/mol. The van der Waals surface area contributed by atoms with E-state index in [1.165, 1.54) is 18.2 Å². The smallest absolute Gasteiger partial charge is 0.331 e. The average molecular weight is 240 g/mol. The molecule has 4 heteroatoms. The van der Waals surface area contributed by atoms with E-state index >= 15 is 0 Å². The number of halogens is 2. The van der Waals surface area contributed by atoms with E-state index in [-0.39, 0.29) is 0 Å². The summed E-state index contributed by atoms with van der Waals surface area (Å²) in [7, 11) is 0. The summed E-state index contributed by atoms with van der Waals surface area (Å²) >= 11 is 0. The van der Waals surface area contributed by atoms with Gasteiger partial charge in [0.25, 0.3) is 0 Å². The first kappa shape index (κ1) is 13.4. The van der Waals surface area contributed by atoms with Crippen molar-refractivity contribution >= 4 is 12.0 Å². The summed E-state index contributed by atoms with van der Waals surface area (Å²) in [5.41, 5.74) is -0.176. The second kappa shape index (κ2) is 5.08. The molecule has 0 spiro atoms. The van der Waals surface area contributed by atoms with Crippen molar-refractivity contribution in [3.05, 3.63) is 41.5 Å². The van der Waals surface area contributed by atoms with Crippen molar-refractivity contribution in [2.45, 2.75) is 26.4 Å². The highest BCUT2D eigenvalue weighted by Gasteiger charge is 2.13. The zero-order chi connectivity index (χ0) is 13.1. The van der Waals surface area contributed by atoms with Crippen LogP contribution in [0.1, 0.15) is 26.3 Å². The van der Waals surface area contributed by atoms with Gasteiger partial charge in [0, 0.05) is 6.08 Å². The van der Waals surface area contributed by atoms with Crippen molar-refractivity contribution in [2.24, 2.45) is 0 Å². The molecule has 0 aromatic heterocycles. The molecular formula is C13H14F2O2. The van der Waals surface area contributed by atoms with E-state index in [2.05, 4.69) is 0 Å². The number of rotatable bonds is 2. The Morgan fingerprint density at radius 2 is 1.88 bits per heavy atom. The lowest BCUT2D eigenvalue weighted by atomic mass is 10.2. The largest absolute Gasteiger partial charge is 0.457 e. The van der Waals surface area contributed by atoms with E-state index in [0.29, 0.717) is 5.56 Å². The fourth-order valence-corrected chi connectivity index (χ4v) is 1.12. The van der Waals surface area contributed by atoms with E-state index in [1.54, 1.807) is 20.8 Å². The quantitative estimate of drug-likeness (QED) is 0.585.